The Morgan fingerprint density at radius 3 is 2.78 bits per heavy atom. The van der Waals surface area contributed by atoms with Gasteiger partial charge in [-0.15, -0.1) is 0 Å². The van der Waals surface area contributed by atoms with Crippen LogP contribution in [0.2, 0.25) is 0 Å². The molecule has 2 rings (SSSR count). The van der Waals surface area contributed by atoms with E-state index in [2.05, 4.69) is 29.3 Å². The fraction of sp³-hybridized carbons (Fsp3) is 0.600. The lowest BCUT2D eigenvalue weighted by Gasteiger charge is -2.32. The number of rotatable bonds is 5. The first-order valence-corrected chi connectivity index (χ1v) is 7.05. The van der Waals surface area contributed by atoms with Crippen molar-refractivity contribution >= 4 is 5.69 Å². The quantitative estimate of drug-likeness (QED) is 0.783. The average molecular weight is 247 g/mol. The first-order valence-electron chi connectivity index (χ1n) is 7.05. The third-order valence-corrected chi connectivity index (χ3v) is 3.75. The molecule has 0 spiro atoms. The van der Waals surface area contributed by atoms with Gasteiger partial charge in [-0.25, -0.2) is 0 Å². The van der Waals surface area contributed by atoms with Crippen LogP contribution in [-0.2, 0) is 6.54 Å². The molecule has 1 saturated heterocycles. The molecule has 1 fully saturated rings. The molecule has 3 N–H and O–H groups in total. The van der Waals surface area contributed by atoms with Crippen LogP contribution in [-0.4, -0.2) is 31.1 Å². The number of hydrogen-bond donors (Lipinski definition) is 2. The molecular weight excluding hydrogens is 222 g/mol. The van der Waals surface area contributed by atoms with Crippen molar-refractivity contribution in [2.24, 2.45) is 5.92 Å². The van der Waals surface area contributed by atoms with Gasteiger partial charge in [-0.05, 0) is 62.6 Å². The van der Waals surface area contributed by atoms with Gasteiger partial charge in [-0.2, -0.15) is 0 Å². The highest BCUT2D eigenvalue weighted by Gasteiger charge is 2.18. The predicted octanol–water partition coefficient (Wildman–Crippen LogP) is 2.09. The molecule has 0 saturated carbocycles. The molecule has 1 aromatic carbocycles. The Morgan fingerprint density at radius 2 is 2.11 bits per heavy atom. The summed E-state index contributed by atoms with van der Waals surface area (Å²) in [4.78, 5) is 2.54. The monoisotopic (exact) mass is 247 g/mol. The van der Waals surface area contributed by atoms with Gasteiger partial charge < -0.3 is 11.1 Å². The number of nitrogens with zero attached hydrogens (tertiary/aromatic N) is 1. The Kier molecular flexibility index (Phi) is 5.02. The van der Waals surface area contributed by atoms with Gasteiger partial charge in [-0.3, -0.25) is 4.90 Å². The SMILES string of the molecule is CCNCC1CCN(Cc2cccc(N)c2)CC1. The van der Waals surface area contributed by atoms with E-state index in [9.17, 15) is 0 Å². The number of nitrogens with one attached hydrogen (secondary N) is 1. The summed E-state index contributed by atoms with van der Waals surface area (Å²) < 4.78 is 0. The van der Waals surface area contributed by atoms with Crippen LogP contribution in [0.25, 0.3) is 0 Å². The number of piperidine rings is 1. The topological polar surface area (TPSA) is 41.3 Å². The highest BCUT2D eigenvalue weighted by Crippen LogP contribution is 2.19. The third-order valence-electron chi connectivity index (χ3n) is 3.75. The number of benzene rings is 1. The van der Waals surface area contributed by atoms with Crippen molar-refractivity contribution in [3.63, 3.8) is 0 Å². The highest BCUT2D eigenvalue weighted by atomic mass is 15.1. The summed E-state index contributed by atoms with van der Waals surface area (Å²) in [5.41, 5.74) is 8.02. The largest absolute Gasteiger partial charge is 0.399 e. The highest BCUT2D eigenvalue weighted by molar-refractivity contribution is 5.40. The van der Waals surface area contributed by atoms with E-state index in [4.69, 9.17) is 5.73 Å². The molecule has 3 heteroatoms. The molecule has 0 aliphatic carbocycles. The standard InChI is InChI=1S/C15H25N3/c1-2-17-11-13-6-8-18(9-7-13)12-14-4-3-5-15(16)10-14/h3-5,10,13,17H,2,6-9,11-12,16H2,1H3. The first kappa shape index (κ1) is 13.4. The van der Waals surface area contributed by atoms with E-state index in [1.165, 1.54) is 38.0 Å². The molecule has 100 valence electrons. The van der Waals surface area contributed by atoms with Crippen molar-refractivity contribution in [3.8, 4) is 0 Å². The predicted molar refractivity (Wildman–Crippen MR) is 77.4 cm³/mol. The molecule has 1 aliphatic heterocycles. The van der Waals surface area contributed by atoms with Crippen LogP contribution in [0.5, 0.6) is 0 Å². The second-order valence-corrected chi connectivity index (χ2v) is 5.27. The maximum Gasteiger partial charge on any atom is 0.0317 e. The molecule has 0 atom stereocenters. The van der Waals surface area contributed by atoms with Crippen molar-refractivity contribution in [2.45, 2.75) is 26.3 Å². The second-order valence-electron chi connectivity index (χ2n) is 5.27. The molecule has 0 aromatic heterocycles. The Morgan fingerprint density at radius 1 is 1.33 bits per heavy atom. The number of nitrogen functional groups attached to an aromatic ring is 1. The minimum atomic E-state index is 0.863. The van der Waals surface area contributed by atoms with Gasteiger partial charge in [0.15, 0.2) is 0 Å². The van der Waals surface area contributed by atoms with E-state index in [0.29, 0.717) is 0 Å². The Hall–Kier alpha value is -1.06. The van der Waals surface area contributed by atoms with Crippen LogP contribution < -0.4 is 11.1 Å². The number of likely N-dealkylation sites (tertiary alicyclic amines) is 1. The fourth-order valence-electron chi connectivity index (χ4n) is 2.65. The molecule has 0 bridgehead atoms. The zero-order valence-electron chi connectivity index (χ0n) is 11.4. The van der Waals surface area contributed by atoms with Crippen molar-refractivity contribution < 1.29 is 0 Å². The molecule has 0 radical (unpaired) electrons. The molecule has 1 aromatic rings. The minimum Gasteiger partial charge on any atom is -0.399 e. The van der Waals surface area contributed by atoms with E-state index in [1.807, 2.05) is 12.1 Å². The first-order chi connectivity index (χ1) is 8.78. The second kappa shape index (κ2) is 6.76. The summed E-state index contributed by atoms with van der Waals surface area (Å²) >= 11 is 0. The minimum absolute atomic E-state index is 0.863. The molecule has 0 unspecified atom stereocenters. The molecule has 0 amide bonds. The maximum absolute atomic E-state index is 5.81. The Bertz CT molecular complexity index is 357. The van der Waals surface area contributed by atoms with Gasteiger partial charge in [0.25, 0.3) is 0 Å². The smallest absolute Gasteiger partial charge is 0.0317 e. The van der Waals surface area contributed by atoms with Crippen molar-refractivity contribution in [3.05, 3.63) is 29.8 Å². The number of nitrogens with two attached hydrogens (primary N) is 1. The lowest BCUT2D eigenvalue weighted by molar-refractivity contribution is 0.176. The van der Waals surface area contributed by atoms with E-state index >= 15 is 0 Å². The number of hydrogen-bond acceptors (Lipinski definition) is 3. The molecule has 18 heavy (non-hydrogen) atoms. The van der Waals surface area contributed by atoms with Gasteiger partial charge in [0.05, 0.1) is 0 Å². The molecule has 3 nitrogen and oxygen atoms in total. The molecule has 1 heterocycles. The van der Waals surface area contributed by atoms with Crippen LogP contribution in [0.4, 0.5) is 5.69 Å². The van der Waals surface area contributed by atoms with Gasteiger partial charge >= 0.3 is 0 Å². The van der Waals surface area contributed by atoms with Crippen LogP contribution >= 0.6 is 0 Å². The normalized spacial score (nSPS) is 18.1. The zero-order valence-corrected chi connectivity index (χ0v) is 11.4. The lowest BCUT2D eigenvalue weighted by atomic mass is 9.96. The third kappa shape index (κ3) is 4.00. The molecule has 1 aliphatic rings. The van der Waals surface area contributed by atoms with E-state index in [-0.39, 0.29) is 0 Å². The van der Waals surface area contributed by atoms with Crippen LogP contribution in [0.1, 0.15) is 25.3 Å². The Balaban J connectivity index is 1.76. The summed E-state index contributed by atoms with van der Waals surface area (Å²) in [6, 6.07) is 8.25. The lowest BCUT2D eigenvalue weighted by Crippen LogP contribution is -2.36. The van der Waals surface area contributed by atoms with Gasteiger partial charge in [0.2, 0.25) is 0 Å². The summed E-state index contributed by atoms with van der Waals surface area (Å²) in [6.07, 6.45) is 2.63. The van der Waals surface area contributed by atoms with Crippen LogP contribution in [0.3, 0.4) is 0 Å². The summed E-state index contributed by atoms with van der Waals surface area (Å²) in [7, 11) is 0. The average Bonchev–Trinajstić information content (AvgIpc) is 2.38. The van der Waals surface area contributed by atoms with E-state index in [1.54, 1.807) is 0 Å². The summed E-state index contributed by atoms with van der Waals surface area (Å²) in [5, 5.41) is 3.45. The molecular formula is C15H25N3. The van der Waals surface area contributed by atoms with Crippen molar-refractivity contribution in [1.82, 2.24) is 10.2 Å². The van der Waals surface area contributed by atoms with Crippen LogP contribution in [0, 0.1) is 5.92 Å². The van der Waals surface area contributed by atoms with E-state index < -0.39 is 0 Å². The van der Waals surface area contributed by atoms with Crippen molar-refractivity contribution in [1.29, 1.82) is 0 Å². The fourth-order valence-corrected chi connectivity index (χ4v) is 2.65. The number of anilines is 1. The van der Waals surface area contributed by atoms with Crippen molar-refractivity contribution in [2.75, 3.05) is 31.9 Å². The maximum atomic E-state index is 5.81. The Labute approximate surface area is 110 Å². The van der Waals surface area contributed by atoms with Gasteiger partial charge in [-0.1, -0.05) is 19.1 Å². The van der Waals surface area contributed by atoms with E-state index in [0.717, 1.165) is 24.7 Å². The van der Waals surface area contributed by atoms with Gasteiger partial charge in [0.1, 0.15) is 0 Å². The van der Waals surface area contributed by atoms with Gasteiger partial charge in [0, 0.05) is 12.2 Å². The summed E-state index contributed by atoms with van der Waals surface area (Å²) in [5.74, 6) is 0.863. The summed E-state index contributed by atoms with van der Waals surface area (Å²) in [6.45, 7) is 7.91. The van der Waals surface area contributed by atoms with Crippen LogP contribution in [0.15, 0.2) is 24.3 Å². The zero-order chi connectivity index (χ0) is 12.8.